The Hall–Kier alpha value is -0.790. The van der Waals surface area contributed by atoms with E-state index in [-0.39, 0.29) is 0 Å². The van der Waals surface area contributed by atoms with Crippen LogP contribution in [-0.4, -0.2) is 4.57 Å². The molecule has 1 heterocycles. The number of nitrogens with zero attached hydrogens (tertiary/aromatic N) is 2. The maximum Gasteiger partial charge on any atom is 0.258 e. The highest BCUT2D eigenvalue weighted by Gasteiger charge is 2.19. The molecule has 31 heavy (non-hydrogen) atoms. The summed E-state index contributed by atoms with van der Waals surface area (Å²) in [6.07, 6.45) is 31.6. The van der Waals surface area contributed by atoms with E-state index in [0.29, 0.717) is 5.92 Å². The van der Waals surface area contributed by atoms with E-state index in [1.165, 1.54) is 141 Å². The van der Waals surface area contributed by atoms with Crippen molar-refractivity contribution in [3.8, 4) is 0 Å². The molecule has 0 aliphatic heterocycles. The van der Waals surface area contributed by atoms with Crippen molar-refractivity contribution in [1.82, 2.24) is 4.57 Å². The van der Waals surface area contributed by atoms with Gasteiger partial charge in [-0.3, -0.25) is 0 Å². The van der Waals surface area contributed by atoms with E-state index in [0.717, 1.165) is 0 Å². The third-order valence-corrected chi connectivity index (χ3v) is 6.79. The lowest BCUT2D eigenvalue weighted by molar-refractivity contribution is -0.705. The van der Waals surface area contributed by atoms with Crippen LogP contribution in [0.1, 0.15) is 161 Å². The molecule has 0 bridgehead atoms. The van der Waals surface area contributed by atoms with E-state index >= 15 is 0 Å². The van der Waals surface area contributed by atoms with Crippen molar-refractivity contribution < 1.29 is 4.57 Å². The molecular formula is C29H57N2+. The lowest BCUT2D eigenvalue weighted by Gasteiger charge is -2.08. The summed E-state index contributed by atoms with van der Waals surface area (Å²) < 4.78 is 5.08. The second-order valence-corrected chi connectivity index (χ2v) is 10.2. The van der Waals surface area contributed by atoms with Crippen LogP contribution in [-0.2, 0) is 13.1 Å². The molecule has 1 aromatic heterocycles. The van der Waals surface area contributed by atoms with Crippen LogP contribution in [0.2, 0.25) is 0 Å². The molecule has 0 fully saturated rings. The van der Waals surface area contributed by atoms with E-state index in [1.807, 2.05) is 0 Å². The van der Waals surface area contributed by atoms with Crippen LogP contribution in [0.15, 0.2) is 12.4 Å². The Bertz CT molecular complexity index is 503. The largest absolute Gasteiger partial charge is 0.258 e. The van der Waals surface area contributed by atoms with Crippen molar-refractivity contribution in [2.24, 2.45) is 0 Å². The Morgan fingerprint density at radius 2 is 1.03 bits per heavy atom. The second-order valence-electron chi connectivity index (χ2n) is 10.2. The van der Waals surface area contributed by atoms with Gasteiger partial charge in [0.25, 0.3) is 5.82 Å². The highest BCUT2D eigenvalue weighted by molar-refractivity contribution is 4.89. The molecule has 0 saturated heterocycles. The van der Waals surface area contributed by atoms with Gasteiger partial charge >= 0.3 is 0 Å². The van der Waals surface area contributed by atoms with E-state index in [1.54, 1.807) is 0 Å². The number of imidazole rings is 1. The van der Waals surface area contributed by atoms with Gasteiger partial charge in [-0.25, -0.2) is 9.13 Å². The molecule has 2 nitrogen and oxygen atoms in total. The number of unbranched alkanes of at least 4 members (excludes halogenated alkanes) is 17. The molecule has 1 aromatic rings. The lowest BCUT2D eigenvalue weighted by atomic mass is 10.0. The predicted molar refractivity (Wildman–Crippen MR) is 138 cm³/mol. The first-order chi connectivity index (χ1) is 15.2. The number of hydrogen-bond donors (Lipinski definition) is 0. The summed E-state index contributed by atoms with van der Waals surface area (Å²) >= 11 is 0. The third kappa shape index (κ3) is 14.1. The van der Waals surface area contributed by atoms with E-state index in [9.17, 15) is 0 Å². The Balaban J connectivity index is 2.11. The molecule has 0 N–H and O–H groups in total. The van der Waals surface area contributed by atoms with Crippen molar-refractivity contribution in [3.05, 3.63) is 18.2 Å². The first-order valence-electron chi connectivity index (χ1n) is 14.3. The van der Waals surface area contributed by atoms with Crippen LogP contribution in [0.3, 0.4) is 0 Å². The molecule has 0 spiro atoms. The number of aromatic nitrogens is 2. The average molecular weight is 434 g/mol. The highest BCUT2D eigenvalue weighted by atomic mass is 15.1. The minimum atomic E-state index is 0.608. The molecule has 1 rings (SSSR count). The minimum absolute atomic E-state index is 0.608. The van der Waals surface area contributed by atoms with E-state index in [2.05, 4.69) is 49.2 Å². The van der Waals surface area contributed by atoms with Gasteiger partial charge in [-0.2, -0.15) is 0 Å². The zero-order valence-electron chi connectivity index (χ0n) is 22.0. The molecule has 0 aromatic carbocycles. The first-order valence-corrected chi connectivity index (χ1v) is 14.3. The van der Waals surface area contributed by atoms with Gasteiger partial charge in [0.05, 0.1) is 19.0 Å². The van der Waals surface area contributed by atoms with Crippen molar-refractivity contribution in [2.75, 3.05) is 0 Å². The molecule has 0 aliphatic rings. The summed E-state index contributed by atoms with van der Waals surface area (Å²) in [5, 5.41) is 0. The van der Waals surface area contributed by atoms with Gasteiger partial charge in [0, 0.05) is 0 Å². The second kappa shape index (κ2) is 19.9. The van der Waals surface area contributed by atoms with Crippen LogP contribution < -0.4 is 4.57 Å². The van der Waals surface area contributed by atoms with Crippen LogP contribution >= 0.6 is 0 Å². The smallest absolute Gasteiger partial charge is 0.234 e. The molecule has 0 saturated carbocycles. The molecule has 2 heteroatoms. The van der Waals surface area contributed by atoms with Gasteiger partial charge in [-0.05, 0) is 25.7 Å². The van der Waals surface area contributed by atoms with Gasteiger partial charge in [0.1, 0.15) is 12.4 Å². The molecular weight excluding hydrogens is 376 g/mol. The molecule has 0 radical (unpaired) electrons. The monoisotopic (exact) mass is 433 g/mol. The average Bonchev–Trinajstić information content (AvgIpc) is 3.17. The lowest BCUT2D eigenvalue weighted by Crippen LogP contribution is -2.38. The summed E-state index contributed by atoms with van der Waals surface area (Å²) in [5.41, 5.74) is 0. The van der Waals surface area contributed by atoms with Crippen LogP contribution in [0.25, 0.3) is 0 Å². The Morgan fingerprint density at radius 3 is 1.48 bits per heavy atom. The Morgan fingerprint density at radius 1 is 0.613 bits per heavy atom. The summed E-state index contributed by atoms with van der Waals surface area (Å²) in [5.74, 6) is 2.14. The number of rotatable bonds is 22. The van der Waals surface area contributed by atoms with Crippen LogP contribution in [0.4, 0.5) is 0 Å². The summed E-state index contributed by atoms with van der Waals surface area (Å²) in [4.78, 5) is 0. The quantitative estimate of drug-likeness (QED) is 0.127. The van der Waals surface area contributed by atoms with Gasteiger partial charge in [0.2, 0.25) is 0 Å². The van der Waals surface area contributed by atoms with Gasteiger partial charge in [0.15, 0.2) is 0 Å². The highest BCUT2D eigenvalue weighted by Crippen LogP contribution is 2.15. The SMILES string of the molecule is CCCCCCCCCCCCCCCn1cc[n+](CCCCCCCC)c1C(C)C. The van der Waals surface area contributed by atoms with Crippen molar-refractivity contribution in [2.45, 2.75) is 169 Å². The van der Waals surface area contributed by atoms with E-state index < -0.39 is 0 Å². The summed E-state index contributed by atoms with van der Waals surface area (Å²) in [6, 6.07) is 0. The molecule has 0 amide bonds. The topological polar surface area (TPSA) is 8.81 Å². The Kier molecular flexibility index (Phi) is 18.1. The van der Waals surface area contributed by atoms with Crippen molar-refractivity contribution in [3.63, 3.8) is 0 Å². The number of aryl methyl sites for hydroxylation is 2. The first kappa shape index (κ1) is 28.2. The molecule has 182 valence electrons. The van der Waals surface area contributed by atoms with Crippen LogP contribution in [0, 0.1) is 0 Å². The van der Waals surface area contributed by atoms with Crippen LogP contribution in [0.5, 0.6) is 0 Å². The van der Waals surface area contributed by atoms with Crippen molar-refractivity contribution in [1.29, 1.82) is 0 Å². The van der Waals surface area contributed by atoms with Gasteiger partial charge in [-0.15, -0.1) is 0 Å². The fourth-order valence-electron chi connectivity index (χ4n) is 4.88. The van der Waals surface area contributed by atoms with Gasteiger partial charge in [-0.1, -0.05) is 124 Å². The molecule has 0 atom stereocenters. The zero-order valence-corrected chi connectivity index (χ0v) is 22.0. The third-order valence-electron chi connectivity index (χ3n) is 6.79. The summed E-state index contributed by atoms with van der Waals surface area (Å²) in [7, 11) is 0. The minimum Gasteiger partial charge on any atom is -0.234 e. The maximum atomic E-state index is 2.54. The van der Waals surface area contributed by atoms with Crippen molar-refractivity contribution >= 4 is 0 Å². The molecule has 0 unspecified atom stereocenters. The number of hydrogen-bond acceptors (Lipinski definition) is 0. The van der Waals surface area contributed by atoms with E-state index in [4.69, 9.17) is 0 Å². The van der Waals surface area contributed by atoms with Gasteiger partial charge < -0.3 is 0 Å². The standard InChI is InChI=1S/C29H57N2/c1-5-7-9-11-13-14-15-16-17-18-19-21-23-25-31-27-26-30(29(31)28(3)4)24-22-20-12-10-8-6-2/h26-28H,5-25H2,1-4H3/q+1. The fraction of sp³-hybridized carbons (Fsp3) is 0.897. The summed E-state index contributed by atoms with van der Waals surface area (Å²) in [6.45, 7) is 11.7. The Labute approximate surface area is 196 Å². The normalized spacial score (nSPS) is 11.6. The fourth-order valence-corrected chi connectivity index (χ4v) is 4.88. The predicted octanol–water partition coefficient (Wildman–Crippen LogP) is 9.35. The maximum absolute atomic E-state index is 2.54. The zero-order chi connectivity index (χ0) is 22.6. The molecule has 0 aliphatic carbocycles.